The molecule has 0 unspecified atom stereocenters. The molecule has 8 nitrogen and oxygen atoms in total. The smallest absolute Gasteiger partial charge is 0.377 e. The van der Waals surface area contributed by atoms with Crippen molar-refractivity contribution in [2.24, 2.45) is 0 Å². The first-order chi connectivity index (χ1) is 15.1. The minimum Gasteiger partial charge on any atom is -0.377 e. The van der Waals surface area contributed by atoms with Crippen LogP contribution in [0, 0.1) is 0 Å². The van der Waals surface area contributed by atoms with Crippen LogP contribution in [-0.4, -0.2) is 56.8 Å². The zero-order valence-corrected chi connectivity index (χ0v) is 17.5. The first-order valence-corrected chi connectivity index (χ1v) is 10.2. The molecule has 0 aromatic carbocycles. The molecule has 4 rings (SSSR count). The minimum absolute atomic E-state index is 0.115. The summed E-state index contributed by atoms with van der Waals surface area (Å²) in [6.45, 7) is 0.784. The van der Waals surface area contributed by atoms with Crippen molar-refractivity contribution in [1.29, 1.82) is 0 Å². The molecular weight excluding hydrogens is 439 g/mol. The fourth-order valence-electron chi connectivity index (χ4n) is 4.38. The average Bonchev–Trinajstić information content (AvgIpc) is 3.16. The van der Waals surface area contributed by atoms with Gasteiger partial charge in [-0.15, -0.1) is 0 Å². The summed E-state index contributed by atoms with van der Waals surface area (Å²) in [6.07, 6.45) is -3.94. The quantitative estimate of drug-likeness (QED) is 0.651. The average molecular weight is 462 g/mol. The van der Waals surface area contributed by atoms with Crippen molar-refractivity contribution >= 4 is 11.8 Å². The SMILES string of the molecule is C[C@@H]1COC[C@@H](C)N1c1cc(=O)n2c(n1)N(Cc1ccnn1C(F)F)[C@H](C(F)(F)F)CC2. The highest BCUT2D eigenvalue weighted by Crippen LogP contribution is 2.36. The summed E-state index contributed by atoms with van der Waals surface area (Å²) in [4.78, 5) is 20.0. The third-order valence-corrected chi connectivity index (χ3v) is 5.81. The fourth-order valence-corrected chi connectivity index (χ4v) is 4.38. The van der Waals surface area contributed by atoms with Gasteiger partial charge in [0.15, 0.2) is 0 Å². The second-order valence-electron chi connectivity index (χ2n) is 8.07. The maximum absolute atomic E-state index is 13.9. The van der Waals surface area contributed by atoms with Crippen molar-refractivity contribution in [2.45, 2.75) is 64.2 Å². The molecule has 0 spiro atoms. The van der Waals surface area contributed by atoms with Gasteiger partial charge in [0, 0.05) is 18.8 Å². The number of fused-ring (bicyclic) bond motifs is 1. The predicted octanol–water partition coefficient (Wildman–Crippen LogP) is 2.79. The Morgan fingerprint density at radius 3 is 2.53 bits per heavy atom. The lowest BCUT2D eigenvalue weighted by atomic mass is 10.1. The molecule has 2 aromatic heterocycles. The predicted molar refractivity (Wildman–Crippen MR) is 105 cm³/mol. The molecule has 3 atom stereocenters. The molecule has 2 aromatic rings. The summed E-state index contributed by atoms with van der Waals surface area (Å²) >= 11 is 0. The Balaban J connectivity index is 1.81. The minimum atomic E-state index is -4.64. The summed E-state index contributed by atoms with van der Waals surface area (Å²) in [6, 6.07) is 0.253. The largest absolute Gasteiger partial charge is 0.408 e. The monoisotopic (exact) mass is 462 g/mol. The van der Waals surface area contributed by atoms with E-state index in [1.807, 2.05) is 18.7 Å². The van der Waals surface area contributed by atoms with Crippen LogP contribution in [0.15, 0.2) is 23.1 Å². The van der Waals surface area contributed by atoms with Crippen molar-refractivity contribution < 1.29 is 26.7 Å². The van der Waals surface area contributed by atoms with Gasteiger partial charge in [-0.05, 0) is 26.3 Å². The van der Waals surface area contributed by atoms with Crippen LogP contribution in [0.25, 0.3) is 0 Å². The van der Waals surface area contributed by atoms with Gasteiger partial charge < -0.3 is 14.5 Å². The molecule has 0 bridgehead atoms. The normalized spacial score (nSPS) is 24.2. The molecule has 32 heavy (non-hydrogen) atoms. The molecular formula is C19H23F5N6O2. The van der Waals surface area contributed by atoms with Gasteiger partial charge >= 0.3 is 12.7 Å². The fraction of sp³-hybridized carbons (Fsp3) is 0.632. The van der Waals surface area contributed by atoms with E-state index in [0.29, 0.717) is 17.9 Å². The number of aromatic nitrogens is 4. The summed E-state index contributed by atoms with van der Waals surface area (Å²) < 4.78 is 75.2. The lowest BCUT2D eigenvalue weighted by Crippen LogP contribution is -2.54. The van der Waals surface area contributed by atoms with Crippen molar-refractivity contribution in [2.75, 3.05) is 23.0 Å². The van der Waals surface area contributed by atoms with E-state index in [0.717, 1.165) is 15.7 Å². The van der Waals surface area contributed by atoms with Gasteiger partial charge in [-0.2, -0.15) is 32.0 Å². The number of ether oxygens (including phenoxy) is 1. The molecule has 0 N–H and O–H groups in total. The lowest BCUT2D eigenvalue weighted by molar-refractivity contribution is -0.153. The zero-order valence-electron chi connectivity index (χ0n) is 17.5. The summed E-state index contributed by atoms with van der Waals surface area (Å²) in [5.41, 5.74) is -0.612. The number of halogens is 5. The Hall–Kier alpha value is -2.70. The lowest BCUT2D eigenvalue weighted by Gasteiger charge is -2.42. The molecule has 2 aliphatic heterocycles. The molecule has 176 valence electrons. The summed E-state index contributed by atoms with van der Waals surface area (Å²) in [5, 5.41) is 3.50. The first-order valence-electron chi connectivity index (χ1n) is 10.2. The van der Waals surface area contributed by atoms with E-state index in [1.165, 1.54) is 12.1 Å². The number of morpholine rings is 1. The molecule has 1 fully saturated rings. The maximum Gasteiger partial charge on any atom is 0.408 e. The second-order valence-corrected chi connectivity index (χ2v) is 8.07. The molecule has 13 heteroatoms. The number of hydrogen-bond acceptors (Lipinski definition) is 6. The zero-order chi connectivity index (χ0) is 23.2. The van der Waals surface area contributed by atoms with Crippen molar-refractivity contribution in [3.63, 3.8) is 0 Å². The van der Waals surface area contributed by atoms with Gasteiger partial charge in [-0.25, -0.2) is 4.68 Å². The van der Waals surface area contributed by atoms with E-state index in [9.17, 15) is 26.7 Å². The standard InChI is InChI=1S/C19H23F5N6O2/c1-11-9-32-10-12(2)29(11)15-7-16(31)27-6-4-14(19(22,23)24)28(18(27)26-15)8-13-3-5-25-30(13)17(20)21/h3,5,7,11-12,14,17H,4,6,8-10H2,1-2H3/t11-,12-,14+/m1/s1. The van der Waals surface area contributed by atoms with Crippen LogP contribution in [0.1, 0.15) is 32.5 Å². The van der Waals surface area contributed by atoms with Crippen LogP contribution in [0.5, 0.6) is 0 Å². The number of alkyl halides is 5. The highest BCUT2D eigenvalue weighted by atomic mass is 19.4. The Morgan fingerprint density at radius 1 is 1.22 bits per heavy atom. The van der Waals surface area contributed by atoms with Crippen molar-refractivity contribution in [3.05, 3.63) is 34.4 Å². The Kier molecular flexibility index (Phi) is 5.86. The molecule has 4 heterocycles. The highest BCUT2D eigenvalue weighted by Gasteiger charge is 2.47. The molecule has 0 amide bonds. The first kappa shape index (κ1) is 22.5. The molecule has 0 saturated carbocycles. The van der Waals surface area contributed by atoms with E-state index in [1.54, 1.807) is 0 Å². The Labute approximate surface area is 180 Å². The number of hydrogen-bond donors (Lipinski definition) is 0. The van der Waals surface area contributed by atoms with E-state index in [-0.39, 0.29) is 36.1 Å². The van der Waals surface area contributed by atoms with Crippen molar-refractivity contribution in [1.82, 2.24) is 19.3 Å². The maximum atomic E-state index is 13.9. The molecule has 1 saturated heterocycles. The Bertz CT molecular complexity index is 1010. The number of anilines is 2. The van der Waals surface area contributed by atoms with Crippen LogP contribution >= 0.6 is 0 Å². The number of rotatable bonds is 4. The molecule has 0 aliphatic carbocycles. The number of nitrogens with zero attached hydrogens (tertiary/aromatic N) is 6. The molecule has 0 radical (unpaired) electrons. The topological polar surface area (TPSA) is 68.4 Å². The summed E-state index contributed by atoms with van der Waals surface area (Å²) in [7, 11) is 0. The highest BCUT2D eigenvalue weighted by molar-refractivity contribution is 5.48. The van der Waals surface area contributed by atoms with E-state index < -0.39 is 37.3 Å². The second kappa shape index (κ2) is 8.34. The Morgan fingerprint density at radius 2 is 1.91 bits per heavy atom. The van der Waals surface area contributed by atoms with Gasteiger partial charge in [-0.3, -0.25) is 9.36 Å². The van der Waals surface area contributed by atoms with E-state index >= 15 is 0 Å². The van der Waals surface area contributed by atoms with Crippen LogP contribution in [0.3, 0.4) is 0 Å². The van der Waals surface area contributed by atoms with Gasteiger partial charge in [-0.1, -0.05) is 0 Å². The molecule has 2 aliphatic rings. The van der Waals surface area contributed by atoms with Gasteiger partial charge in [0.25, 0.3) is 5.56 Å². The third-order valence-electron chi connectivity index (χ3n) is 5.81. The van der Waals surface area contributed by atoms with Crippen LogP contribution in [0.4, 0.5) is 33.7 Å². The van der Waals surface area contributed by atoms with Gasteiger partial charge in [0.1, 0.15) is 11.9 Å². The third kappa shape index (κ3) is 4.05. The van der Waals surface area contributed by atoms with Gasteiger partial charge in [0.2, 0.25) is 5.95 Å². The van der Waals surface area contributed by atoms with Crippen molar-refractivity contribution in [3.8, 4) is 0 Å². The van der Waals surface area contributed by atoms with Crippen LogP contribution < -0.4 is 15.4 Å². The van der Waals surface area contributed by atoms with Crippen LogP contribution in [-0.2, 0) is 17.8 Å². The van der Waals surface area contributed by atoms with E-state index in [4.69, 9.17) is 4.74 Å². The van der Waals surface area contributed by atoms with Gasteiger partial charge in [0.05, 0.1) is 37.5 Å². The van der Waals surface area contributed by atoms with Crippen LogP contribution in [0.2, 0.25) is 0 Å². The summed E-state index contributed by atoms with van der Waals surface area (Å²) in [5.74, 6) is 0.0359. The van der Waals surface area contributed by atoms with E-state index in [2.05, 4.69) is 10.1 Å².